The molecule has 0 radical (unpaired) electrons. The summed E-state index contributed by atoms with van der Waals surface area (Å²) in [5.74, 6) is -0.137. The Labute approximate surface area is 111 Å². The highest BCUT2D eigenvalue weighted by Gasteiger charge is 2.14. The Morgan fingerprint density at radius 3 is 2.89 bits per heavy atom. The number of fused-ring (bicyclic) bond motifs is 1. The summed E-state index contributed by atoms with van der Waals surface area (Å²) >= 11 is 6.11. The molecule has 96 valence electrons. The van der Waals surface area contributed by atoms with E-state index in [9.17, 15) is 4.79 Å². The van der Waals surface area contributed by atoms with Crippen LogP contribution in [-0.2, 0) is 7.05 Å². The Bertz CT molecular complexity index is 589. The van der Waals surface area contributed by atoms with Crippen molar-refractivity contribution < 1.29 is 4.79 Å². The molecule has 0 spiro atoms. The molecule has 2 aromatic rings. The van der Waals surface area contributed by atoms with Crippen LogP contribution in [0.2, 0.25) is 5.02 Å². The lowest BCUT2D eigenvalue weighted by molar-refractivity contribution is 0.0944. The predicted molar refractivity (Wildman–Crippen MR) is 73.9 cm³/mol. The first-order valence-electron chi connectivity index (χ1n) is 5.78. The van der Waals surface area contributed by atoms with Gasteiger partial charge in [0.2, 0.25) is 0 Å². The molecular weight excluding hydrogens is 250 g/mol. The van der Waals surface area contributed by atoms with Gasteiger partial charge in [-0.15, -0.1) is 0 Å². The lowest BCUT2D eigenvalue weighted by Gasteiger charge is -2.08. The topological polar surface area (TPSA) is 60.0 Å². The molecule has 1 unspecified atom stereocenters. The first-order valence-corrected chi connectivity index (χ1v) is 6.16. The number of halogens is 1. The van der Waals surface area contributed by atoms with Gasteiger partial charge < -0.3 is 15.6 Å². The summed E-state index contributed by atoms with van der Waals surface area (Å²) in [6.45, 7) is 2.30. The number of nitrogens with two attached hydrogens (primary N) is 1. The number of benzene rings is 1. The number of amides is 1. The molecule has 3 N–H and O–H groups in total. The summed E-state index contributed by atoms with van der Waals surface area (Å²) in [5.41, 5.74) is 7.13. The third kappa shape index (κ3) is 2.35. The Balaban J connectivity index is 2.37. The summed E-state index contributed by atoms with van der Waals surface area (Å²) in [7, 11) is 1.85. The highest BCUT2D eigenvalue weighted by atomic mass is 35.5. The largest absolute Gasteiger partial charge is 0.349 e. The van der Waals surface area contributed by atoms with E-state index in [0.717, 1.165) is 10.9 Å². The van der Waals surface area contributed by atoms with E-state index in [2.05, 4.69) is 5.32 Å². The Kier molecular flexibility index (Phi) is 3.59. The molecule has 1 aromatic carbocycles. The number of aromatic nitrogens is 1. The maximum atomic E-state index is 12.0. The molecule has 0 aliphatic heterocycles. The normalized spacial score (nSPS) is 12.7. The molecule has 4 nitrogen and oxygen atoms in total. The van der Waals surface area contributed by atoms with Crippen molar-refractivity contribution >= 4 is 28.4 Å². The van der Waals surface area contributed by atoms with Crippen molar-refractivity contribution in [2.24, 2.45) is 12.8 Å². The molecule has 0 aliphatic carbocycles. The van der Waals surface area contributed by atoms with Crippen molar-refractivity contribution in [3.05, 3.63) is 35.0 Å². The van der Waals surface area contributed by atoms with Crippen LogP contribution < -0.4 is 11.1 Å². The maximum absolute atomic E-state index is 12.0. The van der Waals surface area contributed by atoms with E-state index in [1.54, 1.807) is 6.07 Å². The molecular formula is C13H16ClN3O. The van der Waals surface area contributed by atoms with Gasteiger partial charge >= 0.3 is 0 Å². The zero-order valence-electron chi connectivity index (χ0n) is 10.4. The van der Waals surface area contributed by atoms with Crippen LogP contribution in [0.1, 0.15) is 17.4 Å². The highest BCUT2D eigenvalue weighted by Crippen LogP contribution is 2.26. The van der Waals surface area contributed by atoms with Gasteiger partial charge in [-0.3, -0.25) is 4.79 Å². The van der Waals surface area contributed by atoms with Gasteiger partial charge in [-0.05, 0) is 25.1 Å². The van der Waals surface area contributed by atoms with E-state index in [1.165, 1.54) is 0 Å². The van der Waals surface area contributed by atoms with Crippen LogP contribution in [0, 0.1) is 0 Å². The fraction of sp³-hybridized carbons (Fsp3) is 0.308. The van der Waals surface area contributed by atoms with Gasteiger partial charge in [0.15, 0.2) is 0 Å². The smallest absolute Gasteiger partial charge is 0.267 e. The maximum Gasteiger partial charge on any atom is 0.267 e. The van der Waals surface area contributed by atoms with E-state index in [-0.39, 0.29) is 11.9 Å². The van der Waals surface area contributed by atoms with E-state index in [0.29, 0.717) is 17.3 Å². The summed E-state index contributed by atoms with van der Waals surface area (Å²) in [6, 6.07) is 7.35. The molecule has 1 atom stereocenters. The van der Waals surface area contributed by atoms with Crippen molar-refractivity contribution in [3.63, 3.8) is 0 Å². The number of aryl methyl sites for hydroxylation is 1. The number of hydrogen-bond donors (Lipinski definition) is 2. The summed E-state index contributed by atoms with van der Waals surface area (Å²) in [6.07, 6.45) is 0. The number of carbonyl (C=O) groups is 1. The molecule has 0 fully saturated rings. The molecule has 0 saturated carbocycles. The number of nitrogens with zero attached hydrogens (tertiary/aromatic N) is 1. The Morgan fingerprint density at radius 2 is 2.28 bits per heavy atom. The van der Waals surface area contributed by atoms with Crippen molar-refractivity contribution in [2.75, 3.05) is 6.54 Å². The van der Waals surface area contributed by atoms with Gasteiger partial charge in [0, 0.05) is 35.6 Å². The summed E-state index contributed by atoms with van der Waals surface area (Å²) < 4.78 is 1.83. The molecule has 18 heavy (non-hydrogen) atoms. The summed E-state index contributed by atoms with van der Waals surface area (Å²) in [4.78, 5) is 12.0. The molecule has 0 saturated heterocycles. The lowest BCUT2D eigenvalue weighted by Crippen LogP contribution is -2.35. The SMILES string of the molecule is CC(N)CNC(=O)c1cc2c(Cl)cccc2n1C. The molecule has 1 amide bonds. The van der Waals surface area contributed by atoms with Crippen LogP contribution in [0.3, 0.4) is 0 Å². The third-order valence-electron chi connectivity index (χ3n) is 2.85. The highest BCUT2D eigenvalue weighted by molar-refractivity contribution is 6.35. The van der Waals surface area contributed by atoms with Crippen LogP contribution in [-0.4, -0.2) is 23.1 Å². The zero-order chi connectivity index (χ0) is 13.3. The first-order chi connectivity index (χ1) is 8.50. The van der Waals surface area contributed by atoms with Gasteiger partial charge in [-0.1, -0.05) is 17.7 Å². The van der Waals surface area contributed by atoms with Crippen LogP contribution in [0.4, 0.5) is 0 Å². The average molecular weight is 266 g/mol. The van der Waals surface area contributed by atoms with E-state index >= 15 is 0 Å². The number of nitrogens with one attached hydrogen (secondary N) is 1. The monoisotopic (exact) mass is 265 g/mol. The van der Waals surface area contributed by atoms with Gasteiger partial charge in [0.25, 0.3) is 5.91 Å². The molecule has 1 heterocycles. The second-order valence-corrected chi connectivity index (χ2v) is 4.86. The minimum atomic E-state index is -0.137. The number of rotatable bonds is 3. The van der Waals surface area contributed by atoms with Gasteiger partial charge in [-0.2, -0.15) is 0 Å². The average Bonchev–Trinajstić information content (AvgIpc) is 2.66. The van der Waals surface area contributed by atoms with E-state index in [4.69, 9.17) is 17.3 Å². The second-order valence-electron chi connectivity index (χ2n) is 4.45. The minimum Gasteiger partial charge on any atom is -0.349 e. The molecule has 2 rings (SSSR count). The van der Waals surface area contributed by atoms with E-state index in [1.807, 2.05) is 36.7 Å². The van der Waals surface area contributed by atoms with Crippen LogP contribution in [0.15, 0.2) is 24.3 Å². The van der Waals surface area contributed by atoms with E-state index < -0.39 is 0 Å². The standard InChI is InChI=1S/C13H16ClN3O/c1-8(15)7-16-13(18)12-6-9-10(14)4-3-5-11(9)17(12)2/h3-6,8H,7,15H2,1-2H3,(H,16,18). The van der Waals surface area contributed by atoms with Crippen LogP contribution in [0.25, 0.3) is 10.9 Å². The second kappa shape index (κ2) is 5.00. The van der Waals surface area contributed by atoms with Gasteiger partial charge in [0.05, 0.1) is 0 Å². The first kappa shape index (κ1) is 12.9. The van der Waals surface area contributed by atoms with Gasteiger partial charge in [0.1, 0.15) is 5.69 Å². The van der Waals surface area contributed by atoms with Crippen molar-refractivity contribution in [1.82, 2.24) is 9.88 Å². The van der Waals surface area contributed by atoms with Crippen LogP contribution in [0.5, 0.6) is 0 Å². The lowest BCUT2D eigenvalue weighted by atomic mass is 10.2. The fourth-order valence-corrected chi connectivity index (χ4v) is 2.11. The predicted octanol–water partition coefficient (Wildman–Crippen LogP) is 1.91. The quantitative estimate of drug-likeness (QED) is 0.891. The number of carbonyl (C=O) groups excluding carboxylic acids is 1. The Hall–Kier alpha value is -1.52. The summed E-state index contributed by atoms with van der Waals surface area (Å²) in [5, 5.41) is 4.32. The zero-order valence-corrected chi connectivity index (χ0v) is 11.2. The van der Waals surface area contributed by atoms with Crippen LogP contribution >= 0.6 is 11.6 Å². The minimum absolute atomic E-state index is 0.0628. The van der Waals surface area contributed by atoms with Crippen molar-refractivity contribution in [1.29, 1.82) is 0 Å². The van der Waals surface area contributed by atoms with Gasteiger partial charge in [-0.25, -0.2) is 0 Å². The molecule has 0 bridgehead atoms. The molecule has 1 aromatic heterocycles. The molecule has 5 heteroatoms. The number of hydrogen-bond acceptors (Lipinski definition) is 2. The fourth-order valence-electron chi connectivity index (χ4n) is 1.89. The van der Waals surface area contributed by atoms with Crippen molar-refractivity contribution in [2.45, 2.75) is 13.0 Å². The van der Waals surface area contributed by atoms with Crippen molar-refractivity contribution in [3.8, 4) is 0 Å². The third-order valence-corrected chi connectivity index (χ3v) is 3.18. The Morgan fingerprint density at radius 1 is 1.56 bits per heavy atom. The molecule has 0 aliphatic rings.